The molecule has 5 nitrogen and oxygen atoms in total. The SMILES string of the molecule is C[C@@H](CCCCOS(C)(=O)=O)OC(=O)c1ccccc1. The number of hydrogen-bond donors (Lipinski definition) is 0. The predicted octanol–water partition coefficient (Wildman–Crippen LogP) is 2.38. The summed E-state index contributed by atoms with van der Waals surface area (Å²) in [6, 6.07) is 8.81. The zero-order valence-corrected chi connectivity index (χ0v) is 12.6. The molecule has 0 heterocycles. The van der Waals surface area contributed by atoms with E-state index in [1.165, 1.54) is 0 Å². The summed E-state index contributed by atoms with van der Waals surface area (Å²) >= 11 is 0. The van der Waals surface area contributed by atoms with E-state index >= 15 is 0 Å². The van der Waals surface area contributed by atoms with Crippen LogP contribution < -0.4 is 0 Å². The maximum atomic E-state index is 11.7. The van der Waals surface area contributed by atoms with Crippen LogP contribution in [-0.4, -0.2) is 33.4 Å². The molecule has 0 amide bonds. The quantitative estimate of drug-likeness (QED) is 0.419. The van der Waals surface area contributed by atoms with E-state index in [2.05, 4.69) is 4.18 Å². The highest BCUT2D eigenvalue weighted by Crippen LogP contribution is 2.09. The standard InChI is InChI=1S/C14H20O5S/c1-12(8-6-7-11-18-20(2,16)17)19-14(15)13-9-4-3-5-10-13/h3-5,9-10,12H,6-8,11H2,1-2H3/t12-/m0/s1. The fourth-order valence-electron chi connectivity index (χ4n) is 1.63. The van der Waals surface area contributed by atoms with Crippen LogP contribution in [0.3, 0.4) is 0 Å². The van der Waals surface area contributed by atoms with Gasteiger partial charge < -0.3 is 4.74 Å². The van der Waals surface area contributed by atoms with E-state index in [0.717, 1.165) is 12.7 Å². The molecule has 0 radical (unpaired) electrons. The van der Waals surface area contributed by atoms with Gasteiger partial charge in [0.25, 0.3) is 10.1 Å². The summed E-state index contributed by atoms with van der Waals surface area (Å²) in [7, 11) is -3.37. The number of ether oxygens (including phenoxy) is 1. The third kappa shape index (κ3) is 7.25. The summed E-state index contributed by atoms with van der Waals surface area (Å²) in [6.07, 6.45) is 2.84. The predicted molar refractivity (Wildman–Crippen MR) is 76.0 cm³/mol. The number of rotatable bonds is 8. The highest BCUT2D eigenvalue weighted by Gasteiger charge is 2.11. The monoisotopic (exact) mass is 300 g/mol. The zero-order chi connectivity index (χ0) is 15.0. The summed E-state index contributed by atoms with van der Waals surface area (Å²) in [5.74, 6) is -0.342. The minimum Gasteiger partial charge on any atom is -0.459 e. The van der Waals surface area contributed by atoms with E-state index in [-0.39, 0.29) is 18.7 Å². The zero-order valence-electron chi connectivity index (χ0n) is 11.7. The van der Waals surface area contributed by atoms with Crippen molar-refractivity contribution in [3.05, 3.63) is 35.9 Å². The van der Waals surface area contributed by atoms with Crippen molar-refractivity contribution >= 4 is 16.1 Å². The number of unbranched alkanes of at least 4 members (excludes halogenated alkanes) is 1. The van der Waals surface area contributed by atoms with Gasteiger partial charge in [0.2, 0.25) is 0 Å². The Morgan fingerprint density at radius 1 is 1.20 bits per heavy atom. The van der Waals surface area contributed by atoms with Gasteiger partial charge >= 0.3 is 5.97 Å². The lowest BCUT2D eigenvalue weighted by Gasteiger charge is -2.13. The van der Waals surface area contributed by atoms with Crippen LogP contribution in [0.15, 0.2) is 30.3 Å². The second kappa shape index (κ2) is 8.01. The first kappa shape index (κ1) is 16.7. The van der Waals surface area contributed by atoms with Gasteiger partial charge in [-0.25, -0.2) is 4.79 Å². The lowest BCUT2D eigenvalue weighted by atomic mass is 10.2. The van der Waals surface area contributed by atoms with Crippen molar-refractivity contribution in [1.29, 1.82) is 0 Å². The minimum absolute atomic E-state index is 0.165. The number of esters is 1. The van der Waals surface area contributed by atoms with Crippen LogP contribution in [0.25, 0.3) is 0 Å². The van der Waals surface area contributed by atoms with E-state index in [1.54, 1.807) is 24.3 Å². The molecule has 0 unspecified atom stereocenters. The molecular weight excluding hydrogens is 280 g/mol. The average molecular weight is 300 g/mol. The number of benzene rings is 1. The van der Waals surface area contributed by atoms with Crippen molar-refractivity contribution in [2.24, 2.45) is 0 Å². The molecule has 6 heteroatoms. The number of carbonyl (C=O) groups is 1. The van der Waals surface area contributed by atoms with Gasteiger partial charge in [-0.2, -0.15) is 8.42 Å². The van der Waals surface area contributed by atoms with Crippen LogP contribution in [0.5, 0.6) is 0 Å². The van der Waals surface area contributed by atoms with Gasteiger partial charge in [-0.3, -0.25) is 4.18 Å². The second-order valence-electron chi connectivity index (χ2n) is 4.60. The van der Waals surface area contributed by atoms with E-state index in [0.29, 0.717) is 18.4 Å². The summed E-state index contributed by atoms with van der Waals surface area (Å²) < 4.78 is 31.4. The van der Waals surface area contributed by atoms with Crippen LogP contribution in [0, 0.1) is 0 Å². The molecule has 0 saturated carbocycles. The van der Waals surface area contributed by atoms with E-state index < -0.39 is 10.1 Å². The molecule has 0 spiro atoms. The number of hydrogen-bond acceptors (Lipinski definition) is 5. The Balaban J connectivity index is 2.21. The lowest BCUT2D eigenvalue weighted by molar-refractivity contribution is 0.0318. The molecule has 0 N–H and O–H groups in total. The molecule has 112 valence electrons. The molecule has 1 aromatic carbocycles. The molecule has 0 bridgehead atoms. The molecule has 0 fully saturated rings. The van der Waals surface area contributed by atoms with Crippen molar-refractivity contribution in [3.8, 4) is 0 Å². The Hall–Kier alpha value is -1.40. The normalized spacial score (nSPS) is 12.9. The highest BCUT2D eigenvalue weighted by atomic mass is 32.2. The Kier molecular flexibility index (Phi) is 6.67. The molecular formula is C14H20O5S. The molecule has 1 rings (SSSR count). The first-order valence-electron chi connectivity index (χ1n) is 6.49. The second-order valence-corrected chi connectivity index (χ2v) is 6.25. The van der Waals surface area contributed by atoms with Crippen molar-refractivity contribution in [1.82, 2.24) is 0 Å². The Morgan fingerprint density at radius 2 is 1.85 bits per heavy atom. The van der Waals surface area contributed by atoms with Crippen molar-refractivity contribution in [2.45, 2.75) is 32.3 Å². The lowest BCUT2D eigenvalue weighted by Crippen LogP contribution is -2.15. The first-order valence-corrected chi connectivity index (χ1v) is 8.30. The topological polar surface area (TPSA) is 69.7 Å². The van der Waals surface area contributed by atoms with Crippen LogP contribution in [0.2, 0.25) is 0 Å². The van der Waals surface area contributed by atoms with Crippen LogP contribution in [-0.2, 0) is 19.0 Å². The van der Waals surface area contributed by atoms with Crippen LogP contribution in [0.1, 0.15) is 36.5 Å². The number of carbonyl (C=O) groups excluding carboxylic acids is 1. The molecule has 20 heavy (non-hydrogen) atoms. The van der Waals surface area contributed by atoms with E-state index in [9.17, 15) is 13.2 Å². The maximum absolute atomic E-state index is 11.7. The molecule has 0 aliphatic carbocycles. The van der Waals surface area contributed by atoms with Crippen LogP contribution >= 0.6 is 0 Å². The molecule has 0 aromatic heterocycles. The smallest absolute Gasteiger partial charge is 0.338 e. The fourth-order valence-corrected chi connectivity index (χ4v) is 2.05. The summed E-state index contributed by atoms with van der Waals surface area (Å²) in [5, 5.41) is 0. The Morgan fingerprint density at radius 3 is 2.45 bits per heavy atom. The third-order valence-electron chi connectivity index (χ3n) is 2.62. The van der Waals surface area contributed by atoms with Gasteiger partial charge in [0.05, 0.1) is 24.5 Å². The molecule has 0 aliphatic rings. The van der Waals surface area contributed by atoms with Crippen molar-refractivity contribution in [2.75, 3.05) is 12.9 Å². The summed E-state index contributed by atoms with van der Waals surface area (Å²) in [4.78, 5) is 11.7. The maximum Gasteiger partial charge on any atom is 0.338 e. The molecule has 1 atom stereocenters. The van der Waals surface area contributed by atoms with E-state index in [4.69, 9.17) is 4.74 Å². The van der Waals surface area contributed by atoms with Crippen molar-refractivity contribution in [3.63, 3.8) is 0 Å². The van der Waals surface area contributed by atoms with Crippen LogP contribution in [0.4, 0.5) is 0 Å². The largest absolute Gasteiger partial charge is 0.459 e. The van der Waals surface area contributed by atoms with Gasteiger partial charge in [0, 0.05) is 0 Å². The van der Waals surface area contributed by atoms with E-state index in [1.807, 2.05) is 13.0 Å². The molecule has 0 saturated heterocycles. The summed E-state index contributed by atoms with van der Waals surface area (Å²) in [6.45, 7) is 1.98. The van der Waals surface area contributed by atoms with Gasteiger partial charge in [-0.1, -0.05) is 18.2 Å². The minimum atomic E-state index is -3.37. The Bertz CT molecular complexity index is 510. The van der Waals surface area contributed by atoms with Gasteiger partial charge in [0.1, 0.15) is 0 Å². The Labute approximate surface area is 120 Å². The van der Waals surface area contributed by atoms with Crippen molar-refractivity contribution < 1.29 is 22.1 Å². The molecule has 1 aromatic rings. The fraction of sp³-hybridized carbons (Fsp3) is 0.500. The van der Waals surface area contributed by atoms with Gasteiger partial charge in [0.15, 0.2) is 0 Å². The van der Waals surface area contributed by atoms with Gasteiger partial charge in [-0.15, -0.1) is 0 Å². The summed E-state index contributed by atoms with van der Waals surface area (Å²) in [5.41, 5.74) is 0.528. The highest BCUT2D eigenvalue weighted by molar-refractivity contribution is 7.85. The first-order chi connectivity index (χ1) is 9.38. The third-order valence-corrected chi connectivity index (χ3v) is 3.21. The van der Waals surface area contributed by atoms with Gasteiger partial charge in [-0.05, 0) is 38.3 Å². The molecule has 0 aliphatic heterocycles. The average Bonchev–Trinajstić information content (AvgIpc) is 2.38.